The van der Waals surface area contributed by atoms with E-state index in [1.54, 1.807) is 4.90 Å². The predicted molar refractivity (Wildman–Crippen MR) is 71.9 cm³/mol. The molecule has 1 aliphatic heterocycles. The fraction of sp³-hybridized carbons (Fsp3) is 0.857. The highest BCUT2D eigenvalue weighted by Gasteiger charge is 2.38. The van der Waals surface area contributed by atoms with Crippen LogP contribution in [0.5, 0.6) is 0 Å². The molecule has 3 atom stereocenters. The molecule has 0 aromatic carbocycles. The lowest BCUT2D eigenvalue weighted by Crippen LogP contribution is -2.47. The van der Waals surface area contributed by atoms with E-state index in [4.69, 9.17) is 5.11 Å². The number of likely N-dealkylation sites (tertiary alicyclic amines) is 1. The summed E-state index contributed by atoms with van der Waals surface area (Å²) in [6, 6.07) is -0.939. The summed E-state index contributed by atoms with van der Waals surface area (Å²) in [5.74, 6) is 0.357. The molecule has 2 N–H and O–H groups in total. The second-order valence-corrected chi connectivity index (χ2v) is 5.84. The summed E-state index contributed by atoms with van der Waals surface area (Å²) in [4.78, 5) is 25.0. The molecule has 0 bridgehead atoms. The maximum atomic E-state index is 12.1. The van der Waals surface area contributed by atoms with Gasteiger partial charge in [-0.3, -0.25) is 0 Å². The van der Waals surface area contributed by atoms with Crippen LogP contribution in [-0.4, -0.2) is 41.1 Å². The Hall–Kier alpha value is -1.26. The number of carbonyl (C=O) groups excluding carboxylic acids is 1. The summed E-state index contributed by atoms with van der Waals surface area (Å²) >= 11 is 0. The summed E-state index contributed by atoms with van der Waals surface area (Å²) in [7, 11) is 0. The first-order valence-electron chi connectivity index (χ1n) is 7.40. The lowest BCUT2D eigenvalue weighted by molar-refractivity contribution is -0.139. The van der Waals surface area contributed by atoms with Crippen LogP contribution in [0.1, 0.15) is 45.4 Å². The van der Waals surface area contributed by atoms with Crippen molar-refractivity contribution in [2.75, 3.05) is 13.1 Å². The molecule has 2 rings (SSSR count). The number of fused-ring (bicyclic) bond motifs is 1. The molecule has 2 unspecified atom stereocenters. The molecule has 19 heavy (non-hydrogen) atoms. The van der Waals surface area contributed by atoms with Crippen LogP contribution in [-0.2, 0) is 4.79 Å². The Bertz CT molecular complexity index is 334. The molecule has 2 amide bonds. The zero-order valence-electron chi connectivity index (χ0n) is 11.6. The Labute approximate surface area is 114 Å². The molecular weight excluding hydrogens is 244 g/mol. The third kappa shape index (κ3) is 3.39. The normalized spacial score (nSPS) is 27.1. The van der Waals surface area contributed by atoms with Gasteiger partial charge in [0.25, 0.3) is 0 Å². The van der Waals surface area contributed by atoms with E-state index in [2.05, 4.69) is 5.32 Å². The first kappa shape index (κ1) is 14.2. The molecule has 0 aromatic rings. The third-order valence-corrected chi connectivity index (χ3v) is 4.46. The second-order valence-electron chi connectivity index (χ2n) is 5.84. The van der Waals surface area contributed by atoms with Crippen molar-refractivity contribution in [2.24, 2.45) is 11.8 Å². The second kappa shape index (κ2) is 6.26. The Balaban J connectivity index is 1.84. The van der Waals surface area contributed by atoms with E-state index in [0.29, 0.717) is 18.3 Å². The van der Waals surface area contributed by atoms with Gasteiger partial charge in [-0.05, 0) is 31.1 Å². The minimum Gasteiger partial charge on any atom is -0.480 e. The van der Waals surface area contributed by atoms with Crippen LogP contribution in [0.15, 0.2) is 0 Å². The van der Waals surface area contributed by atoms with Crippen LogP contribution >= 0.6 is 0 Å². The highest BCUT2D eigenvalue weighted by Crippen LogP contribution is 2.37. The van der Waals surface area contributed by atoms with Gasteiger partial charge in [0.1, 0.15) is 6.04 Å². The molecule has 2 aliphatic rings. The maximum Gasteiger partial charge on any atom is 0.326 e. The van der Waals surface area contributed by atoms with Crippen molar-refractivity contribution in [1.29, 1.82) is 0 Å². The maximum absolute atomic E-state index is 12.1. The number of amides is 2. The molecule has 1 saturated carbocycles. The molecule has 0 aromatic heterocycles. The SMILES string of the molecule is CCCC[C@H](NC(=O)N1CC2CCCC2C1)C(=O)O. The van der Waals surface area contributed by atoms with Crippen molar-refractivity contribution >= 4 is 12.0 Å². The summed E-state index contributed by atoms with van der Waals surface area (Å²) < 4.78 is 0. The smallest absolute Gasteiger partial charge is 0.326 e. The van der Waals surface area contributed by atoms with Crippen LogP contribution in [0.2, 0.25) is 0 Å². The van der Waals surface area contributed by atoms with Crippen LogP contribution < -0.4 is 5.32 Å². The molecule has 1 aliphatic carbocycles. The number of unbranched alkanes of at least 4 members (excludes halogenated alkanes) is 1. The zero-order chi connectivity index (χ0) is 13.8. The highest BCUT2D eigenvalue weighted by molar-refractivity contribution is 5.82. The summed E-state index contributed by atoms with van der Waals surface area (Å²) in [5.41, 5.74) is 0. The van der Waals surface area contributed by atoms with Crippen LogP contribution in [0.4, 0.5) is 4.79 Å². The van der Waals surface area contributed by atoms with E-state index in [0.717, 1.165) is 25.9 Å². The van der Waals surface area contributed by atoms with Crippen molar-refractivity contribution in [3.8, 4) is 0 Å². The minimum atomic E-state index is -0.929. The summed E-state index contributed by atoms with van der Waals surface area (Å²) in [5, 5.41) is 11.8. The van der Waals surface area contributed by atoms with Crippen molar-refractivity contribution < 1.29 is 14.7 Å². The molecule has 1 heterocycles. The quantitative estimate of drug-likeness (QED) is 0.802. The average molecular weight is 268 g/mol. The Morgan fingerprint density at radius 3 is 2.47 bits per heavy atom. The molecule has 108 valence electrons. The summed E-state index contributed by atoms with van der Waals surface area (Å²) in [6.07, 6.45) is 5.98. The standard InChI is InChI=1S/C14H24N2O3/c1-2-3-7-12(13(17)18)15-14(19)16-8-10-5-4-6-11(10)9-16/h10-12H,2-9H2,1H3,(H,15,19)(H,17,18)/t10?,11?,12-/m0/s1. The number of nitrogens with zero attached hydrogens (tertiary/aromatic N) is 1. The number of rotatable bonds is 5. The monoisotopic (exact) mass is 268 g/mol. The number of nitrogens with one attached hydrogen (secondary N) is 1. The zero-order valence-corrected chi connectivity index (χ0v) is 11.6. The molecule has 0 spiro atoms. The Morgan fingerprint density at radius 1 is 1.32 bits per heavy atom. The highest BCUT2D eigenvalue weighted by atomic mass is 16.4. The van der Waals surface area contributed by atoms with Crippen molar-refractivity contribution in [3.05, 3.63) is 0 Å². The summed E-state index contributed by atoms with van der Waals surface area (Å²) in [6.45, 7) is 3.62. The predicted octanol–water partition coefficient (Wildman–Crippen LogP) is 2.07. The number of aliphatic carboxylic acids is 1. The fourth-order valence-electron chi connectivity index (χ4n) is 3.31. The van der Waals surface area contributed by atoms with Gasteiger partial charge >= 0.3 is 12.0 Å². The third-order valence-electron chi connectivity index (χ3n) is 4.46. The molecule has 0 radical (unpaired) electrons. The lowest BCUT2D eigenvalue weighted by Gasteiger charge is -2.21. The molecule has 2 fully saturated rings. The van der Waals surface area contributed by atoms with E-state index in [1.165, 1.54) is 19.3 Å². The molecular formula is C14H24N2O3. The van der Waals surface area contributed by atoms with E-state index in [9.17, 15) is 9.59 Å². The molecule has 1 saturated heterocycles. The number of carboxylic acid groups (broad SMARTS) is 1. The van der Waals surface area contributed by atoms with Crippen molar-refractivity contribution in [2.45, 2.75) is 51.5 Å². The van der Waals surface area contributed by atoms with E-state index in [-0.39, 0.29) is 6.03 Å². The van der Waals surface area contributed by atoms with Gasteiger partial charge in [-0.1, -0.05) is 26.2 Å². The fourth-order valence-corrected chi connectivity index (χ4v) is 3.31. The van der Waals surface area contributed by atoms with Gasteiger partial charge in [0.15, 0.2) is 0 Å². The van der Waals surface area contributed by atoms with Gasteiger partial charge in [0.2, 0.25) is 0 Å². The number of hydrogen-bond acceptors (Lipinski definition) is 2. The van der Waals surface area contributed by atoms with E-state index < -0.39 is 12.0 Å². The van der Waals surface area contributed by atoms with Gasteiger partial charge in [-0.25, -0.2) is 9.59 Å². The van der Waals surface area contributed by atoms with Gasteiger partial charge in [-0.2, -0.15) is 0 Å². The molecule has 5 heteroatoms. The van der Waals surface area contributed by atoms with Gasteiger partial charge < -0.3 is 15.3 Å². The number of hydrogen-bond donors (Lipinski definition) is 2. The average Bonchev–Trinajstić information content (AvgIpc) is 2.94. The number of urea groups is 1. The van der Waals surface area contributed by atoms with Gasteiger partial charge in [-0.15, -0.1) is 0 Å². The number of carbonyl (C=O) groups is 2. The Kier molecular flexibility index (Phi) is 4.66. The van der Waals surface area contributed by atoms with Gasteiger partial charge in [0.05, 0.1) is 0 Å². The first-order chi connectivity index (χ1) is 9.11. The topological polar surface area (TPSA) is 69.6 Å². The van der Waals surface area contributed by atoms with Crippen molar-refractivity contribution in [3.63, 3.8) is 0 Å². The lowest BCUT2D eigenvalue weighted by atomic mass is 10.0. The van der Waals surface area contributed by atoms with Crippen LogP contribution in [0, 0.1) is 11.8 Å². The van der Waals surface area contributed by atoms with Crippen molar-refractivity contribution in [1.82, 2.24) is 10.2 Å². The molecule has 5 nitrogen and oxygen atoms in total. The minimum absolute atomic E-state index is 0.196. The Morgan fingerprint density at radius 2 is 1.95 bits per heavy atom. The first-order valence-corrected chi connectivity index (χ1v) is 7.40. The van der Waals surface area contributed by atoms with E-state index in [1.807, 2.05) is 6.92 Å². The number of carboxylic acids is 1. The van der Waals surface area contributed by atoms with Crippen LogP contribution in [0.25, 0.3) is 0 Å². The largest absolute Gasteiger partial charge is 0.480 e. The van der Waals surface area contributed by atoms with E-state index >= 15 is 0 Å². The van der Waals surface area contributed by atoms with Crippen LogP contribution in [0.3, 0.4) is 0 Å². The van der Waals surface area contributed by atoms with Gasteiger partial charge in [0, 0.05) is 13.1 Å².